The summed E-state index contributed by atoms with van der Waals surface area (Å²) in [6.07, 6.45) is 5.85. The number of rotatable bonds is 5. The number of nitrogens with zero attached hydrogens (tertiary/aromatic N) is 1. The summed E-state index contributed by atoms with van der Waals surface area (Å²) in [7, 11) is 0. The smallest absolute Gasteiger partial charge is 0.237 e. The minimum atomic E-state index is 0. The van der Waals surface area contributed by atoms with E-state index < -0.39 is 0 Å². The zero-order chi connectivity index (χ0) is 12.8. The first kappa shape index (κ1) is 20.0. The lowest BCUT2D eigenvalue weighted by Crippen LogP contribution is -2.44. The van der Waals surface area contributed by atoms with Crippen LogP contribution in [0.3, 0.4) is 0 Å². The minimum absolute atomic E-state index is 0. The van der Waals surface area contributed by atoms with Gasteiger partial charge in [0, 0.05) is 6.54 Å². The molecule has 2 aliphatic heterocycles. The molecular weight excluding hydrogens is 297 g/mol. The Morgan fingerprint density at radius 3 is 2.50 bits per heavy atom. The molecule has 2 rings (SSSR count). The zero-order valence-corrected chi connectivity index (χ0v) is 14.0. The van der Waals surface area contributed by atoms with E-state index in [1.165, 1.54) is 38.9 Å². The maximum atomic E-state index is 11.9. The molecule has 4 nitrogen and oxygen atoms in total. The second kappa shape index (κ2) is 10.7. The fourth-order valence-electron chi connectivity index (χ4n) is 3.01. The fourth-order valence-corrected chi connectivity index (χ4v) is 3.01. The molecule has 2 heterocycles. The Morgan fingerprint density at radius 2 is 1.95 bits per heavy atom. The van der Waals surface area contributed by atoms with Crippen molar-refractivity contribution in [2.24, 2.45) is 5.92 Å². The Hall–Kier alpha value is -0.0300. The molecule has 0 radical (unpaired) electrons. The normalized spacial score (nSPS) is 23.8. The number of nitrogens with one attached hydrogen (secondary N) is 2. The molecule has 20 heavy (non-hydrogen) atoms. The van der Waals surface area contributed by atoms with Crippen molar-refractivity contribution in [1.82, 2.24) is 15.5 Å². The summed E-state index contributed by atoms with van der Waals surface area (Å²) < 4.78 is 0. The van der Waals surface area contributed by atoms with Gasteiger partial charge in [-0.25, -0.2) is 0 Å². The average molecular weight is 326 g/mol. The Morgan fingerprint density at radius 1 is 1.25 bits per heavy atom. The van der Waals surface area contributed by atoms with E-state index in [1.54, 1.807) is 0 Å². The number of amides is 1. The Labute approximate surface area is 135 Å². The van der Waals surface area contributed by atoms with Crippen LogP contribution < -0.4 is 10.6 Å². The summed E-state index contributed by atoms with van der Waals surface area (Å²) in [5.41, 5.74) is 0. The molecule has 6 heteroatoms. The van der Waals surface area contributed by atoms with E-state index in [0.29, 0.717) is 5.92 Å². The Kier molecular flexibility index (Phi) is 10.6. The molecule has 1 amide bonds. The van der Waals surface area contributed by atoms with Gasteiger partial charge < -0.3 is 15.5 Å². The number of hydrogen-bond acceptors (Lipinski definition) is 3. The highest BCUT2D eigenvalue weighted by Gasteiger charge is 2.23. The quantitative estimate of drug-likeness (QED) is 0.810. The van der Waals surface area contributed by atoms with Crippen molar-refractivity contribution in [3.8, 4) is 0 Å². The molecule has 0 bridgehead atoms. The molecule has 0 aromatic carbocycles. The molecule has 1 unspecified atom stereocenters. The van der Waals surface area contributed by atoms with Gasteiger partial charge >= 0.3 is 0 Å². The molecule has 2 saturated heterocycles. The molecule has 1 atom stereocenters. The molecule has 2 aliphatic rings. The predicted molar refractivity (Wildman–Crippen MR) is 88.0 cm³/mol. The molecule has 2 N–H and O–H groups in total. The van der Waals surface area contributed by atoms with Crippen molar-refractivity contribution < 1.29 is 4.79 Å². The van der Waals surface area contributed by atoms with Gasteiger partial charge in [-0.3, -0.25) is 4.79 Å². The maximum Gasteiger partial charge on any atom is 0.237 e. The van der Waals surface area contributed by atoms with Crippen LogP contribution in [0.2, 0.25) is 0 Å². The van der Waals surface area contributed by atoms with E-state index in [2.05, 4.69) is 22.5 Å². The topological polar surface area (TPSA) is 44.4 Å². The van der Waals surface area contributed by atoms with Crippen molar-refractivity contribution in [3.05, 3.63) is 0 Å². The van der Waals surface area contributed by atoms with E-state index in [4.69, 9.17) is 0 Å². The van der Waals surface area contributed by atoms with Gasteiger partial charge in [0.05, 0.1) is 6.04 Å². The first-order chi connectivity index (χ1) is 8.79. The van der Waals surface area contributed by atoms with Crippen molar-refractivity contribution in [1.29, 1.82) is 0 Å². The third-order valence-electron chi connectivity index (χ3n) is 4.19. The fraction of sp³-hybridized carbons (Fsp3) is 0.929. The van der Waals surface area contributed by atoms with E-state index in [-0.39, 0.29) is 36.8 Å². The van der Waals surface area contributed by atoms with Crippen LogP contribution >= 0.6 is 24.8 Å². The van der Waals surface area contributed by atoms with Crippen LogP contribution in [0.4, 0.5) is 0 Å². The van der Waals surface area contributed by atoms with E-state index in [0.717, 1.165) is 25.9 Å². The lowest BCUT2D eigenvalue weighted by atomic mass is 9.96. The lowest BCUT2D eigenvalue weighted by Gasteiger charge is -2.31. The monoisotopic (exact) mass is 325 g/mol. The van der Waals surface area contributed by atoms with Gasteiger partial charge in [-0.15, -0.1) is 24.8 Å². The van der Waals surface area contributed by atoms with Crippen LogP contribution in [-0.4, -0.2) is 49.6 Å². The molecule has 0 aliphatic carbocycles. The first-order valence-electron chi connectivity index (χ1n) is 7.53. The number of halogens is 2. The van der Waals surface area contributed by atoms with E-state index >= 15 is 0 Å². The minimum Gasteiger partial charge on any atom is -0.354 e. The number of likely N-dealkylation sites (tertiary alicyclic amines) is 1. The van der Waals surface area contributed by atoms with Crippen LogP contribution in [0.25, 0.3) is 0 Å². The molecule has 0 saturated carbocycles. The van der Waals surface area contributed by atoms with Crippen LogP contribution in [0.15, 0.2) is 0 Å². The van der Waals surface area contributed by atoms with Gasteiger partial charge in [0.2, 0.25) is 5.91 Å². The SMILES string of the molecule is CCCN1CCC(CNC(=O)C2CCCN2)CC1.Cl.Cl. The van der Waals surface area contributed by atoms with Crippen molar-refractivity contribution in [2.75, 3.05) is 32.7 Å². The molecule has 0 aromatic heterocycles. The van der Waals surface area contributed by atoms with Gasteiger partial charge in [-0.05, 0) is 64.2 Å². The van der Waals surface area contributed by atoms with Crippen LogP contribution in [0.5, 0.6) is 0 Å². The third kappa shape index (κ3) is 6.17. The second-order valence-corrected chi connectivity index (χ2v) is 5.68. The number of hydrogen-bond donors (Lipinski definition) is 2. The predicted octanol–water partition coefficient (Wildman–Crippen LogP) is 1.82. The van der Waals surface area contributed by atoms with Gasteiger partial charge in [0.25, 0.3) is 0 Å². The Balaban J connectivity index is 0.00000180. The van der Waals surface area contributed by atoms with Crippen molar-refractivity contribution >= 4 is 30.7 Å². The molecule has 0 spiro atoms. The first-order valence-corrected chi connectivity index (χ1v) is 7.53. The van der Waals surface area contributed by atoms with Crippen LogP contribution in [-0.2, 0) is 4.79 Å². The van der Waals surface area contributed by atoms with E-state index in [1.807, 2.05) is 0 Å². The van der Waals surface area contributed by atoms with Gasteiger partial charge in [0.15, 0.2) is 0 Å². The molecule has 120 valence electrons. The largest absolute Gasteiger partial charge is 0.354 e. The highest BCUT2D eigenvalue weighted by atomic mass is 35.5. The second-order valence-electron chi connectivity index (χ2n) is 5.68. The van der Waals surface area contributed by atoms with E-state index in [9.17, 15) is 4.79 Å². The molecule has 2 fully saturated rings. The van der Waals surface area contributed by atoms with Gasteiger partial charge in [0.1, 0.15) is 0 Å². The molecule has 0 aromatic rings. The third-order valence-corrected chi connectivity index (χ3v) is 4.19. The number of piperidine rings is 1. The van der Waals surface area contributed by atoms with Crippen LogP contribution in [0.1, 0.15) is 39.0 Å². The van der Waals surface area contributed by atoms with Gasteiger partial charge in [-0.1, -0.05) is 6.92 Å². The van der Waals surface area contributed by atoms with Crippen molar-refractivity contribution in [2.45, 2.75) is 45.1 Å². The number of carbonyl (C=O) groups excluding carboxylic acids is 1. The number of carbonyl (C=O) groups is 1. The summed E-state index contributed by atoms with van der Waals surface area (Å²) >= 11 is 0. The highest BCUT2D eigenvalue weighted by molar-refractivity contribution is 5.85. The zero-order valence-electron chi connectivity index (χ0n) is 12.4. The van der Waals surface area contributed by atoms with Crippen molar-refractivity contribution in [3.63, 3.8) is 0 Å². The Bertz CT molecular complexity index is 265. The maximum absolute atomic E-state index is 11.9. The van der Waals surface area contributed by atoms with Crippen LogP contribution in [0, 0.1) is 5.92 Å². The highest BCUT2D eigenvalue weighted by Crippen LogP contribution is 2.16. The lowest BCUT2D eigenvalue weighted by molar-refractivity contribution is -0.123. The summed E-state index contributed by atoms with van der Waals surface area (Å²) in [4.78, 5) is 14.4. The summed E-state index contributed by atoms with van der Waals surface area (Å²) in [6.45, 7) is 7.74. The van der Waals surface area contributed by atoms with Gasteiger partial charge in [-0.2, -0.15) is 0 Å². The standard InChI is InChI=1S/C14H27N3O.2ClH/c1-2-8-17-9-5-12(6-10-17)11-16-14(18)13-4-3-7-15-13;;/h12-13,15H,2-11H2,1H3,(H,16,18);2*1H. The summed E-state index contributed by atoms with van der Waals surface area (Å²) in [5.74, 6) is 0.895. The summed E-state index contributed by atoms with van der Waals surface area (Å²) in [5, 5.41) is 6.37. The molecular formula is C14H29Cl2N3O. The average Bonchev–Trinajstić information content (AvgIpc) is 2.92. The summed E-state index contributed by atoms with van der Waals surface area (Å²) in [6, 6.07) is 0.0742.